The zero-order chi connectivity index (χ0) is 13.7. The molecule has 0 fully saturated rings. The Balaban J connectivity index is 0.000000232. The number of fused-ring (bicyclic) bond motifs is 1. The first-order valence-electron chi connectivity index (χ1n) is 4.80. The number of hydrogen-bond acceptors (Lipinski definition) is 5. The van der Waals surface area contributed by atoms with Crippen LogP contribution in [0.25, 0.3) is 11.2 Å². The van der Waals surface area contributed by atoms with Crippen molar-refractivity contribution in [3.8, 4) is 0 Å². The molecule has 2 aromatic heterocycles. The highest BCUT2D eigenvalue weighted by atomic mass is 16.4. The van der Waals surface area contributed by atoms with Crippen LogP contribution in [0.2, 0.25) is 0 Å². The number of aliphatic carboxylic acids is 1. The fourth-order valence-corrected chi connectivity index (χ4v) is 1.08. The molecule has 0 spiro atoms. The van der Waals surface area contributed by atoms with Crippen LogP contribution in [-0.4, -0.2) is 37.6 Å². The van der Waals surface area contributed by atoms with Crippen molar-refractivity contribution in [2.75, 3.05) is 6.54 Å². The molecule has 18 heavy (non-hydrogen) atoms. The molecule has 2 aromatic rings. The summed E-state index contributed by atoms with van der Waals surface area (Å²) in [5, 5.41) is 7.83. The van der Waals surface area contributed by atoms with Gasteiger partial charge >= 0.3 is 17.3 Å². The Bertz CT molecular complexity index is 705. The molecule has 0 unspecified atom stereocenters. The van der Waals surface area contributed by atoms with Crippen molar-refractivity contribution in [2.45, 2.75) is 6.42 Å². The maximum Gasteiger partial charge on any atom is 0.327 e. The van der Waals surface area contributed by atoms with Gasteiger partial charge in [0.1, 0.15) is 11.2 Å². The van der Waals surface area contributed by atoms with E-state index >= 15 is 0 Å². The van der Waals surface area contributed by atoms with Crippen LogP contribution in [0, 0.1) is 0 Å². The van der Waals surface area contributed by atoms with E-state index in [0.29, 0.717) is 0 Å². The number of aromatic nitrogens is 4. The highest BCUT2D eigenvalue weighted by Crippen LogP contribution is 1.88. The lowest BCUT2D eigenvalue weighted by Gasteiger charge is -1.83. The normalized spacial score (nSPS) is 9.83. The van der Waals surface area contributed by atoms with Crippen molar-refractivity contribution < 1.29 is 9.90 Å². The molecule has 10 nitrogen and oxygen atoms in total. The second-order valence-electron chi connectivity index (χ2n) is 3.17. The number of rotatable bonds is 2. The third-order valence-electron chi connectivity index (χ3n) is 1.78. The highest BCUT2D eigenvalue weighted by molar-refractivity contribution is 5.67. The van der Waals surface area contributed by atoms with Crippen molar-refractivity contribution >= 4 is 17.1 Å². The lowest BCUT2D eigenvalue weighted by Crippen LogP contribution is -2.21. The zero-order valence-corrected chi connectivity index (χ0v) is 9.07. The lowest BCUT2D eigenvalue weighted by molar-refractivity contribution is -0.136. The summed E-state index contributed by atoms with van der Waals surface area (Å²) in [5.74, 6) is -0.836. The van der Waals surface area contributed by atoms with Crippen LogP contribution in [0.15, 0.2) is 14.4 Å². The lowest BCUT2D eigenvalue weighted by atomic mass is 10.5. The largest absolute Gasteiger partial charge is 0.481 e. The van der Waals surface area contributed by atoms with Crippen molar-refractivity contribution in [2.24, 2.45) is 5.73 Å². The minimum atomic E-state index is -0.836. The average molecular weight is 257 g/mol. The van der Waals surface area contributed by atoms with Gasteiger partial charge in [0.25, 0.3) is 5.56 Å². The van der Waals surface area contributed by atoms with Gasteiger partial charge in [-0.25, -0.2) is 9.59 Å². The molecular formula is C8H11N5O5. The van der Waals surface area contributed by atoms with E-state index in [-0.39, 0.29) is 24.1 Å². The molecule has 7 N–H and O–H groups in total. The van der Waals surface area contributed by atoms with E-state index in [1.165, 1.54) is 0 Å². The van der Waals surface area contributed by atoms with Crippen molar-refractivity contribution in [1.29, 1.82) is 0 Å². The van der Waals surface area contributed by atoms with Crippen LogP contribution in [0.4, 0.5) is 0 Å². The monoisotopic (exact) mass is 257 g/mol. The molecule has 98 valence electrons. The Hall–Kier alpha value is -2.62. The SMILES string of the molecule is NCCC(=O)O.O=c1[nH]c(=O)c2[nH]c(=O)[nH]c2[nH]1. The molecule has 10 heteroatoms. The average Bonchev–Trinajstić information content (AvgIpc) is 2.59. The molecule has 0 aromatic carbocycles. The van der Waals surface area contributed by atoms with Crippen LogP contribution in [-0.2, 0) is 4.79 Å². The molecule has 0 aliphatic rings. The van der Waals surface area contributed by atoms with Crippen LogP contribution in [0.5, 0.6) is 0 Å². The minimum Gasteiger partial charge on any atom is -0.481 e. The standard InChI is InChI=1S/C5H4N4O3.C3H7NO2/c10-3-1-2(7-4(11)6-1)8-5(12)9-3;4-2-1-3(5)6/h(H4,6,7,8,9,10,11,12);1-2,4H2,(H,5,6). The number of nitrogens with two attached hydrogens (primary N) is 1. The first-order chi connectivity index (χ1) is 8.43. The summed E-state index contributed by atoms with van der Waals surface area (Å²) < 4.78 is 0. The van der Waals surface area contributed by atoms with Gasteiger partial charge < -0.3 is 10.8 Å². The summed E-state index contributed by atoms with van der Waals surface area (Å²) in [6.45, 7) is 0.231. The van der Waals surface area contributed by atoms with Gasteiger partial charge in [-0.1, -0.05) is 0 Å². The zero-order valence-electron chi connectivity index (χ0n) is 9.07. The Morgan fingerprint density at radius 1 is 1.06 bits per heavy atom. The van der Waals surface area contributed by atoms with Crippen LogP contribution < -0.4 is 22.7 Å². The summed E-state index contributed by atoms with van der Waals surface area (Å²) >= 11 is 0. The van der Waals surface area contributed by atoms with Gasteiger partial charge in [-0.05, 0) is 0 Å². The number of nitrogens with one attached hydrogen (secondary N) is 4. The number of carboxylic acid groups (broad SMARTS) is 1. The molecule has 2 rings (SSSR count). The Labute approximate surface area is 97.9 Å². The van der Waals surface area contributed by atoms with Crippen molar-refractivity contribution in [1.82, 2.24) is 19.9 Å². The van der Waals surface area contributed by atoms with E-state index < -0.39 is 22.9 Å². The number of hydrogen-bond donors (Lipinski definition) is 6. The number of carboxylic acids is 1. The summed E-state index contributed by atoms with van der Waals surface area (Å²) in [5.41, 5.74) is 3.20. The molecule has 0 amide bonds. The summed E-state index contributed by atoms with van der Waals surface area (Å²) in [6, 6.07) is 0. The number of carbonyl (C=O) groups is 1. The second-order valence-corrected chi connectivity index (χ2v) is 3.17. The first kappa shape index (κ1) is 13.4. The van der Waals surface area contributed by atoms with E-state index in [2.05, 4.69) is 15.0 Å². The third kappa shape index (κ3) is 3.45. The van der Waals surface area contributed by atoms with Crippen molar-refractivity contribution in [3.63, 3.8) is 0 Å². The second kappa shape index (κ2) is 5.63. The molecule has 0 aliphatic heterocycles. The van der Waals surface area contributed by atoms with E-state index in [1.54, 1.807) is 0 Å². The summed E-state index contributed by atoms with van der Waals surface area (Å²) in [7, 11) is 0. The smallest absolute Gasteiger partial charge is 0.327 e. The summed E-state index contributed by atoms with van der Waals surface area (Å²) in [6.07, 6.45) is 0.0694. The number of imidazole rings is 1. The maximum atomic E-state index is 10.9. The molecular weight excluding hydrogens is 246 g/mol. The third-order valence-corrected chi connectivity index (χ3v) is 1.78. The molecule has 0 saturated carbocycles. The maximum absolute atomic E-state index is 10.9. The predicted octanol–water partition coefficient (Wildman–Crippen LogP) is -2.35. The van der Waals surface area contributed by atoms with Gasteiger partial charge in [0.15, 0.2) is 0 Å². The van der Waals surface area contributed by atoms with Gasteiger partial charge in [0.2, 0.25) is 0 Å². The molecule has 0 aliphatic carbocycles. The Kier molecular flexibility index (Phi) is 4.21. The Morgan fingerprint density at radius 3 is 2.06 bits per heavy atom. The van der Waals surface area contributed by atoms with Gasteiger partial charge in [-0.3, -0.25) is 29.5 Å². The van der Waals surface area contributed by atoms with Crippen LogP contribution in [0.1, 0.15) is 6.42 Å². The van der Waals surface area contributed by atoms with E-state index in [1.807, 2.05) is 4.98 Å². The van der Waals surface area contributed by atoms with Crippen molar-refractivity contribution in [3.05, 3.63) is 31.3 Å². The molecule has 0 bridgehead atoms. The van der Waals surface area contributed by atoms with E-state index in [4.69, 9.17) is 10.8 Å². The highest BCUT2D eigenvalue weighted by Gasteiger charge is 2.02. The topological polar surface area (TPSA) is 178 Å². The Morgan fingerprint density at radius 2 is 1.61 bits per heavy atom. The van der Waals surface area contributed by atoms with E-state index in [9.17, 15) is 19.2 Å². The molecule has 0 atom stereocenters. The number of H-pyrrole nitrogens is 4. The molecule has 2 heterocycles. The predicted molar refractivity (Wildman–Crippen MR) is 61.5 cm³/mol. The minimum absolute atomic E-state index is 0.0413. The van der Waals surface area contributed by atoms with Gasteiger partial charge in [0, 0.05) is 6.54 Å². The van der Waals surface area contributed by atoms with Crippen LogP contribution >= 0.6 is 0 Å². The van der Waals surface area contributed by atoms with Crippen LogP contribution in [0.3, 0.4) is 0 Å². The molecule has 0 radical (unpaired) electrons. The summed E-state index contributed by atoms with van der Waals surface area (Å²) in [4.78, 5) is 50.5. The van der Waals surface area contributed by atoms with Gasteiger partial charge in [0.05, 0.1) is 6.42 Å². The van der Waals surface area contributed by atoms with Gasteiger partial charge in [-0.15, -0.1) is 0 Å². The number of aromatic amines is 4. The van der Waals surface area contributed by atoms with E-state index in [0.717, 1.165) is 0 Å². The first-order valence-corrected chi connectivity index (χ1v) is 4.80. The fraction of sp³-hybridized carbons (Fsp3) is 0.250. The fourth-order valence-electron chi connectivity index (χ4n) is 1.08. The molecule has 0 saturated heterocycles. The quantitative estimate of drug-likeness (QED) is 0.350. The van der Waals surface area contributed by atoms with Gasteiger partial charge in [-0.2, -0.15) is 0 Å².